The number of fused-ring (bicyclic) bond motifs is 1. The highest BCUT2D eigenvalue weighted by molar-refractivity contribution is 5.33. The van der Waals surface area contributed by atoms with E-state index in [9.17, 15) is 0 Å². The van der Waals surface area contributed by atoms with Gasteiger partial charge in [-0.25, -0.2) is 0 Å². The van der Waals surface area contributed by atoms with Gasteiger partial charge < -0.3 is 10.1 Å². The zero-order chi connectivity index (χ0) is 12.0. The topological polar surface area (TPSA) is 39.1 Å². The molecule has 0 aliphatic carbocycles. The third kappa shape index (κ3) is 1.79. The third-order valence-corrected chi connectivity index (χ3v) is 3.64. The molecule has 1 aromatic heterocycles. The first-order chi connectivity index (χ1) is 8.07. The molecule has 0 atom stereocenters. The Morgan fingerprint density at radius 1 is 1.35 bits per heavy atom. The SMILES string of the molecule is CC(C)(C)c1nn(C2COC2)c2c1CCNC2. The van der Waals surface area contributed by atoms with E-state index >= 15 is 0 Å². The molecule has 3 heterocycles. The van der Waals surface area contributed by atoms with Gasteiger partial charge in [-0.1, -0.05) is 20.8 Å². The van der Waals surface area contributed by atoms with Gasteiger partial charge in [0.05, 0.1) is 30.6 Å². The quantitative estimate of drug-likeness (QED) is 0.799. The van der Waals surface area contributed by atoms with E-state index in [2.05, 4.69) is 30.8 Å². The van der Waals surface area contributed by atoms with E-state index in [4.69, 9.17) is 9.84 Å². The van der Waals surface area contributed by atoms with Crippen molar-refractivity contribution < 1.29 is 4.74 Å². The molecule has 2 aliphatic rings. The summed E-state index contributed by atoms with van der Waals surface area (Å²) in [4.78, 5) is 0. The molecule has 1 N–H and O–H groups in total. The van der Waals surface area contributed by atoms with Gasteiger partial charge in [0.25, 0.3) is 0 Å². The first-order valence-electron chi connectivity index (χ1n) is 6.46. The molecule has 0 saturated carbocycles. The van der Waals surface area contributed by atoms with Crippen molar-refractivity contribution in [2.24, 2.45) is 0 Å². The average molecular weight is 235 g/mol. The fourth-order valence-corrected chi connectivity index (χ4v) is 2.64. The van der Waals surface area contributed by atoms with Crippen molar-refractivity contribution in [3.8, 4) is 0 Å². The highest BCUT2D eigenvalue weighted by atomic mass is 16.5. The van der Waals surface area contributed by atoms with E-state index in [1.165, 1.54) is 17.0 Å². The Bertz CT molecular complexity index is 427. The first kappa shape index (κ1) is 11.2. The molecular formula is C13H21N3O. The molecule has 0 aromatic carbocycles. The highest BCUT2D eigenvalue weighted by Crippen LogP contribution is 2.31. The minimum absolute atomic E-state index is 0.136. The monoisotopic (exact) mass is 235 g/mol. The summed E-state index contributed by atoms with van der Waals surface area (Å²) in [6.07, 6.45) is 1.11. The standard InChI is InChI=1S/C13H21N3O/c1-13(2,3)12-10-4-5-14-6-11(10)16(15-12)9-7-17-8-9/h9,14H,4-8H2,1-3H3. The molecule has 0 unspecified atom stereocenters. The van der Waals surface area contributed by atoms with Crippen LogP contribution >= 0.6 is 0 Å². The summed E-state index contributed by atoms with van der Waals surface area (Å²) in [6.45, 7) is 10.4. The summed E-state index contributed by atoms with van der Waals surface area (Å²) in [5, 5.41) is 8.33. The zero-order valence-corrected chi connectivity index (χ0v) is 10.9. The van der Waals surface area contributed by atoms with Crippen LogP contribution in [0.25, 0.3) is 0 Å². The Hall–Kier alpha value is -0.870. The van der Waals surface area contributed by atoms with Gasteiger partial charge in [-0.15, -0.1) is 0 Å². The van der Waals surface area contributed by atoms with E-state index < -0.39 is 0 Å². The molecular weight excluding hydrogens is 214 g/mol. The van der Waals surface area contributed by atoms with Crippen LogP contribution in [0.2, 0.25) is 0 Å². The van der Waals surface area contributed by atoms with Gasteiger partial charge in [-0.3, -0.25) is 4.68 Å². The number of nitrogens with zero attached hydrogens (tertiary/aromatic N) is 2. The second-order valence-corrected chi connectivity index (χ2v) is 6.09. The van der Waals surface area contributed by atoms with Crippen LogP contribution in [-0.2, 0) is 23.1 Å². The minimum atomic E-state index is 0.136. The summed E-state index contributed by atoms with van der Waals surface area (Å²) in [5.74, 6) is 0. The van der Waals surface area contributed by atoms with Crippen LogP contribution in [0.15, 0.2) is 0 Å². The smallest absolute Gasteiger partial charge is 0.0989 e. The Morgan fingerprint density at radius 2 is 2.12 bits per heavy atom. The largest absolute Gasteiger partial charge is 0.377 e. The van der Waals surface area contributed by atoms with Crippen molar-refractivity contribution >= 4 is 0 Å². The normalized spacial score (nSPS) is 21.1. The predicted molar refractivity (Wildman–Crippen MR) is 66.2 cm³/mol. The van der Waals surface area contributed by atoms with E-state index in [1.54, 1.807) is 0 Å². The molecule has 1 saturated heterocycles. The van der Waals surface area contributed by atoms with Crippen LogP contribution < -0.4 is 5.32 Å². The van der Waals surface area contributed by atoms with E-state index in [0.29, 0.717) is 6.04 Å². The number of hydrogen-bond donors (Lipinski definition) is 1. The van der Waals surface area contributed by atoms with Gasteiger partial charge in [-0.05, 0) is 18.5 Å². The summed E-state index contributed by atoms with van der Waals surface area (Å²) in [5.41, 5.74) is 4.27. The lowest BCUT2D eigenvalue weighted by atomic mass is 9.87. The molecule has 94 valence electrons. The number of hydrogen-bond acceptors (Lipinski definition) is 3. The van der Waals surface area contributed by atoms with Crippen LogP contribution in [0.3, 0.4) is 0 Å². The van der Waals surface area contributed by atoms with Crippen LogP contribution in [0.1, 0.15) is 43.8 Å². The van der Waals surface area contributed by atoms with Crippen LogP contribution in [-0.4, -0.2) is 29.5 Å². The van der Waals surface area contributed by atoms with Crippen LogP contribution in [0.5, 0.6) is 0 Å². The first-order valence-corrected chi connectivity index (χ1v) is 6.46. The molecule has 0 spiro atoms. The molecule has 17 heavy (non-hydrogen) atoms. The molecule has 4 nitrogen and oxygen atoms in total. The van der Waals surface area contributed by atoms with E-state index in [0.717, 1.165) is 32.7 Å². The van der Waals surface area contributed by atoms with Crippen molar-refractivity contribution in [3.05, 3.63) is 17.0 Å². The van der Waals surface area contributed by atoms with Crippen molar-refractivity contribution in [1.29, 1.82) is 0 Å². The molecule has 0 amide bonds. The maximum Gasteiger partial charge on any atom is 0.0989 e. The van der Waals surface area contributed by atoms with Gasteiger partial charge in [0.1, 0.15) is 0 Å². The van der Waals surface area contributed by atoms with Gasteiger partial charge >= 0.3 is 0 Å². The number of aromatic nitrogens is 2. The van der Waals surface area contributed by atoms with Crippen molar-refractivity contribution in [2.75, 3.05) is 19.8 Å². The van der Waals surface area contributed by atoms with Gasteiger partial charge in [0.2, 0.25) is 0 Å². The third-order valence-electron chi connectivity index (χ3n) is 3.64. The molecule has 1 fully saturated rings. The van der Waals surface area contributed by atoms with E-state index in [1.807, 2.05) is 0 Å². The van der Waals surface area contributed by atoms with Gasteiger partial charge in [0, 0.05) is 12.0 Å². The Balaban J connectivity index is 2.07. The molecule has 4 heteroatoms. The lowest BCUT2D eigenvalue weighted by molar-refractivity contribution is -0.0302. The maximum atomic E-state index is 5.29. The van der Waals surface area contributed by atoms with Gasteiger partial charge in [-0.2, -0.15) is 5.10 Å². The zero-order valence-electron chi connectivity index (χ0n) is 10.9. The lowest BCUT2D eigenvalue weighted by Crippen LogP contribution is -2.34. The Kier molecular flexibility index (Phi) is 2.52. The average Bonchev–Trinajstić information content (AvgIpc) is 2.55. The van der Waals surface area contributed by atoms with Gasteiger partial charge in [0.15, 0.2) is 0 Å². The summed E-state index contributed by atoms with van der Waals surface area (Å²) in [7, 11) is 0. The highest BCUT2D eigenvalue weighted by Gasteiger charge is 2.32. The number of nitrogens with one attached hydrogen (secondary N) is 1. The Morgan fingerprint density at radius 3 is 2.71 bits per heavy atom. The Labute approximate surface area is 102 Å². The van der Waals surface area contributed by atoms with Crippen LogP contribution in [0.4, 0.5) is 0 Å². The summed E-state index contributed by atoms with van der Waals surface area (Å²) in [6, 6.07) is 0.458. The van der Waals surface area contributed by atoms with Crippen molar-refractivity contribution in [2.45, 2.75) is 45.2 Å². The fraction of sp³-hybridized carbons (Fsp3) is 0.769. The summed E-state index contributed by atoms with van der Waals surface area (Å²) >= 11 is 0. The number of rotatable bonds is 1. The number of ether oxygens (including phenoxy) is 1. The minimum Gasteiger partial charge on any atom is -0.377 e. The second-order valence-electron chi connectivity index (χ2n) is 6.09. The fourth-order valence-electron chi connectivity index (χ4n) is 2.64. The van der Waals surface area contributed by atoms with E-state index in [-0.39, 0.29) is 5.41 Å². The van der Waals surface area contributed by atoms with Crippen LogP contribution in [0, 0.1) is 0 Å². The van der Waals surface area contributed by atoms with Crippen molar-refractivity contribution in [1.82, 2.24) is 15.1 Å². The maximum absolute atomic E-state index is 5.29. The summed E-state index contributed by atoms with van der Waals surface area (Å²) < 4.78 is 7.51. The molecule has 0 radical (unpaired) electrons. The molecule has 2 aliphatic heterocycles. The van der Waals surface area contributed by atoms with Crippen molar-refractivity contribution in [3.63, 3.8) is 0 Å². The molecule has 3 rings (SSSR count). The molecule has 0 bridgehead atoms. The lowest BCUT2D eigenvalue weighted by Gasteiger charge is -2.28. The second kappa shape index (κ2) is 3.82. The predicted octanol–water partition coefficient (Wildman–Crippen LogP) is 1.40. The molecule has 1 aromatic rings.